The van der Waals surface area contributed by atoms with Crippen molar-refractivity contribution in [1.82, 2.24) is 0 Å². The van der Waals surface area contributed by atoms with Crippen molar-refractivity contribution in [2.24, 2.45) is 4.99 Å². The summed E-state index contributed by atoms with van der Waals surface area (Å²) < 4.78 is 0. The molecule has 0 radical (unpaired) electrons. The number of thioether (sulfide) groups is 1. The summed E-state index contributed by atoms with van der Waals surface area (Å²) in [6.45, 7) is 2.70. The predicted molar refractivity (Wildman–Crippen MR) is 70.8 cm³/mol. The summed E-state index contributed by atoms with van der Waals surface area (Å²) in [7, 11) is 0. The molecule has 0 bridgehead atoms. The summed E-state index contributed by atoms with van der Waals surface area (Å²) in [6.07, 6.45) is 0.845. The highest BCUT2D eigenvalue weighted by atomic mass is 32.2. The van der Waals surface area contributed by atoms with Crippen LogP contribution in [0.4, 0.5) is 0 Å². The zero-order chi connectivity index (χ0) is 12.3. The third kappa shape index (κ3) is 3.09. The number of aliphatic imine (C=N–C) groups is 1. The molecule has 90 valence electrons. The summed E-state index contributed by atoms with van der Waals surface area (Å²) >= 11 is 1.67. The number of hydrogen-bond acceptors (Lipinski definition) is 3. The number of benzene rings is 1. The van der Waals surface area contributed by atoms with E-state index in [9.17, 15) is 4.79 Å². The van der Waals surface area contributed by atoms with Crippen LogP contribution in [0.1, 0.15) is 17.5 Å². The molecule has 1 aromatic rings. The Morgan fingerprint density at radius 3 is 2.82 bits per heavy atom. The molecule has 1 atom stereocenters. The molecule has 1 unspecified atom stereocenters. The fraction of sp³-hybridized carbons (Fsp3) is 0.385. The maximum absolute atomic E-state index is 10.9. The molecule has 17 heavy (non-hydrogen) atoms. The van der Waals surface area contributed by atoms with Gasteiger partial charge in [0.2, 0.25) is 0 Å². The lowest BCUT2D eigenvalue weighted by Crippen LogP contribution is -2.22. The van der Waals surface area contributed by atoms with Gasteiger partial charge in [0.1, 0.15) is 5.71 Å². The topological polar surface area (TPSA) is 49.7 Å². The zero-order valence-electron chi connectivity index (χ0n) is 9.72. The van der Waals surface area contributed by atoms with Crippen LogP contribution >= 0.6 is 11.8 Å². The van der Waals surface area contributed by atoms with Crippen LogP contribution in [0.2, 0.25) is 0 Å². The van der Waals surface area contributed by atoms with E-state index in [1.807, 2.05) is 0 Å². The fourth-order valence-corrected chi connectivity index (χ4v) is 2.98. The molecular formula is C13H15NO2S. The molecule has 1 N–H and O–H groups in total. The normalized spacial score (nSPS) is 19.1. The average Bonchev–Trinajstić information content (AvgIpc) is 2.76. The third-order valence-corrected chi connectivity index (χ3v) is 4.13. The maximum Gasteiger partial charge on any atom is 0.350 e. The number of aliphatic carboxylic acids is 1. The van der Waals surface area contributed by atoms with Gasteiger partial charge in [0.05, 0.1) is 5.25 Å². The monoisotopic (exact) mass is 249 g/mol. The van der Waals surface area contributed by atoms with E-state index in [1.165, 1.54) is 11.1 Å². The van der Waals surface area contributed by atoms with Crippen molar-refractivity contribution in [2.45, 2.75) is 24.3 Å². The standard InChI is InChI=1S/C13H15NO2S/c1-9-2-4-10(5-3-9)8-17-11-6-7-14-12(11)13(15)16/h2-5,11H,6-8H2,1H3,(H,15,16). The van der Waals surface area contributed by atoms with Gasteiger partial charge in [0.15, 0.2) is 0 Å². The lowest BCUT2D eigenvalue weighted by Gasteiger charge is -2.09. The van der Waals surface area contributed by atoms with Gasteiger partial charge < -0.3 is 5.11 Å². The highest BCUT2D eigenvalue weighted by Crippen LogP contribution is 2.25. The van der Waals surface area contributed by atoms with Crippen LogP contribution in [0.25, 0.3) is 0 Å². The predicted octanol–water partition coefficient (Wildman–Crippen LogP) is 2.53. The first-order valence-electron chi connectivity index (χ1n) is 5.61. The summed E-state index contributed by atoms with van der Waals surface area (Å²) in [4.78, 5) is 15.0. The van der Waals surface area contributed by atoms with Crippen LogP contribution in [0.5, 0.6) is 0 Å². The molecule has 0 saturated carbocycles. The molecule has 1 aliphatic heterocycles. The Kier molecular flexibility index (Phi) is 3.84. The molecule has 3 nitrogen and oxygen atoms in total. The quantitative estimate of drug-likeness (QED) is 0.892. The van der Waals surface area contributed by atoms with Crippen molar-refractivity contribution in [3.8, 4) is 0 Å². The number of carboxylic acids is 1. The number of hydrogen-bond donors (Lipinski definition) is 1. The molecule has 1 aliphatic rings. The molecule has 0 spiro atoms. The average molecular weight is 249 g/mol. The van der Waals surface area contributed by atoms with E-state index in [-0.39, 0.29) is 5.25 Å². The van der Waals surface area contributed by atoms with Crippen molar-refractivity contribution < 1.29 is 9.90 Å². The first kappa shape index (κ1) is 12.2. The van der Waals surface area contributed by atoms with Gasteiger partial charge in [0, 0.05) is 12.3 Å². The van der Waals surface area contributed by atoms with Gasteiger partial charge in [0.25, 0.3) is 0 Å². The second-order valence-electron chi connectivity index (χ2n) is 4.15. The summed E-state index contributed by atoms with van der Waals surface area (Å²) in [5.41, 5.74) is 2.81. The number of carbonyl (C=O) groups is 1. The minimum Gasteiger partial charge on any atom is -0.477 e. The van der Waals surface area contributed by atoms with Crippen molar-refractivity contribution in [3.05, 3.63) is 35.4 Å². The number of rotatable bonds is 4. The molecule has 0 fully saturated rings. The Balaban J connectivity index is 1.92. The first-order valence-corrected chi connectivity index (χ1v) is 6.66. The lowest BCUT2D eigenvalue weighted by molar-refractivity contribution is -0.129. The molecule has 4 heteroatoms. The second kappa shape index (κ2) is 5.36. The van der Waals surface area contributed by atoms with Crippen LogP contribution in [0, 0.1) is 6.92 Å². The minimum atomic E-state index is -0.871. The summed E-state index contributed by atoms with van der Waals surface area (Å²) in [5.74, 6) is -0.0269. The van der Waals surface area contributed by atoms with E-state index in [0.717, 1.165) is 12.2 Å². The minimum absolute atomic E-state index is 0.0498. The van der Waals surface area contributed by atoms with Crippen LogP contribution < -0.4 is 0 Å². The van der Waals surface area contributed by atoms with E-state index < -0.39 is 5.97 Å². The van der Waals surface area contributed by atoms with Crippen molar-refractivity contribution in [3.63, 3.8) is 0 Å². The van der Waals surface area contributed by atoms with Gasteiger partial charge in [-0.25, -0.2) is 4.79 Å². The fourth-order valence-electron chi connectivity index (χ4n) is 1.79. The molecule has 1 heterocycles. The van der Waals surface area contributed by atoms with Crippen LogP contribution in [0.15, 0.2) is 29.3 Å². The molecule has 1 aromatic carbocycles. The second-order valence-corrected chi connectivity index (χ2v) is 5.34. The van der Waals surface area contributed by atoms with Gasteiger partial charge in [-0.1, -0.05) is 29.8 Å². The van der Waals surface area contributed by atoms with Crippen molar-refractivity contribution >= 4 is 23.4 Å². The van der Waals surface area contributed by atoms with Crippen molar-refractivity contribution in [2.75, 3.05) is 6.54 Å². The van der Waals surface area contributed by atoms with E-state index in [2.05, 4.69) is 36.2 Å². The molecule has 0 aliphatic carbocycles. The van der Waals surface area contributed by atoms with Crippen molar-refractivity contribution in [1.29, 1.82) is 0 Å². The summed E-state index contributed by atoms with van der Waals surface area (Å²) in [5, 5.41) is 9.02. The van der Waals surface area contributed by atoms with Gasteiger partial charge in [-0.2, -0.15) is 0 Å². The summed E-state index contributed by atoms with van der Waals surface area (Å²) in [6, 6.07) is 8.34. The van der Waals surface area contributed by atoms with Gasteiger partial charge in [-0.3, -0.25) is 4.99 Å². The molecule has 0 amide bonds. The first-order chi connectivity index (χ1) is 8.16. The lowest BCUT2D eigenvalue weighted by atomic mass is 10.2. The molecular weight excluding hydrogens is 234 g/mol. The maximum atomic E-state index is 10.9. The Labute approximate surface area is 105 Å². The number of carboxylic acid groups (broad SMARTS) is 1. The van der Waals surface area contributed by atoms with E-state index >= 15 is 0 Å². The van der Waals surface area contributed by atoms with E-state index in [4.69, 9.17) is 5.11 Å². The SMILES string of the molecule is Cc1ccc(CSC2CCN=C2C(=O)O)cc1. The largest absolute Gasteiger partial charge is 0.477 e. The smallest absolute Gasteiger partial charge is 0.350 e. The third-order valence-electron chi connectivity index (χ3n) is 2.77. The Morgan fingerprint density at radius 1 is 1.47 bits per heavy atom. The van der Waals surface area contributed by atoms with E-state index in [0.29, 0.717) is 12.3 Å². The Morgan fingerprint density at radius 2 is 2.18 bits per heavy atom. The molecule has 0 aromatic heterocycles. The van der Waals surface area contributed by atoms with Crippen LogP contribution in [0.3, 0.4) is 0 Å². The van der Waals surface area contributed by atoms with E-state index in [1.54, 1.807) is 11.8 Å². The van der Waals surface area contributed by atoms with Crippen LogP contribution in [-0.2, 0) is 10.5 Å². The molecule has 0 saturated heterocycles. The number of aryl methyl sites for hydroxylation is 1. The van der Waals surface area contributed by atoms with Gasteiger partial charge in [-0.05, 0) is 18.9 Å². The molecule has 2 rings (SSSR count). The van der Waals surface area contributed by atoms with Gasteiger partial charge >= 0.3 is 5.97 Å². The highest BCUT2D eigenvalue weighted by molar-refractivity contribution is 8.00. The Bertz CT molecular complexity index is 439. The van der Waals surface area contributed by atoms with Crippen LogP contribution in [-0.4, -0.2) is 28.6 Å². The highest BCUT2D eigenvalue weighted by Gasteiger charge is 2.26. The number of nitrogens with zero attached hydrogens (tertiary/aromatic N) is 1. The zero-order valence-corrected chi connectivity index (χ0v) is 10.5. The Hall–Kier alpha value is -1.29. The van der Waals surface area contributed by atoms with Gasteiger partial charge in [-0.15, -0.1) is 11.8 Å².